The van der Waals surface area contributed by atoms with E-state index in [1.807, 2.05) is 25.1 Å². The molecule has 4 nitrogen and oxygen atoms in total. The van der Waals surface area contributed by atoms with Gasteiger partial charge in [-0.05, 0) is 25.5 Å². The Balaban J connectivity index is 2.10. The fourth-order valence-corrected chi connectivity index (χ4v) is 2.62. The number of hydrogen-bond acceptors (Lipinski definition) is 3. The van der Waals surface area contributed by atoms with Crippen LogP contribution >= 0.6 is 23.2 Å². The monoisotopic (exact) mass is 330 g/mol. The van der Waals surface area contributed by atoms with Crippen LogP contribution in [0.2, 0.25) is 5.02 Å². The van der Waals surface area contributed by atoms with Crippen LogP contribution in [-0.4, -0.2) is 36.5 Å². The fourth-order valence-electron chi connectivity index (χ4n) is 2.24. The Bertz CT molecular complexity index is 584. The number of ether oxygens (including phenoxy) is 2. The van der Waals surface area contributed by atoms with E-state index in [0.717, 1.165) is 29.8 Å². The topological polar surface area (TPSA) is 36.3 Å². The van der Waals surface area contributed by atoms with E-state index >= 15 is 0 Å². The molecule has 116 valence electrons. The lowest BCUT2D eigenvalue weighted by molar-refractivity contribution is 0.0680. The number of methoxy groups -OCH3 is 1. The SMILES string of the molecule is COCCOCCCn1c(C(C)Cl)nc2c(Cl)cccc21. The third kappa shape index (κ3) is 4.10. The summed E-state index contributed by atoms with van der Waals surface area (Å²) in [6.07, 6.45) is 0.887. The molecule has 0 aliphatic heterocycles. The Kier molecular flexibility index (Phi) is 6.30. The summed E-state index contributed by atoms with van der Waals surface area (Å²) in [5.74, 6) is 0.844. The average molecular weight is 331 g/mol. The van der Waals surface area contributed by atoms with Crippen molar-refractivity contribution in [1.29, 1.82) is 0 Å². The van der Waals surface area contributed by atoms with Gasteiger partial charge in [0.25, 0.3) is 0 Å². The van der Waals surface area contributed by atoms with Gasteiger partial charge in [0, 0.05) is 20.3 Å². The predicted octanol–water partition coefficient (Wildman–Crippen LogP) is 4.04. The van der Waals surface area contributed by atoms with Crippen molar-refractivity contribution in [2.75, 3.05) is 26.9 Å². The molecular weight excluding hydrogens is 311 g/mol. The zero-order chi connectivity index (χ0) is 15.2. The summed E-state index contributed by atoms with van der Waals surface area (Å²) in [6.45, 7) is 4.64. The van der Waals surface area contributed by atoms with E-state index < -0.39 is 0 Å². The molecule has 1 atom stereocenters. The molecule has 2 rings (SSSR count). The first-order valence-corrected chi connectivity index (χ1v) is 7.82. The summed E-state index contributed by atoms with van der Waals surface area (Å²) < 4.78 is 12.6. The zero-order valence-electron chi connectivity index (χ0n) is 12.3. The number of aromatic nitrogens is 2. The molecule has 1 aromatic carbocycles. The van der Waals surface area contributed by atoms with Crippen LogP contribution < -0.4 is 0 Å². The molecule has 0 aliphatic carbocycles. The second-order valence-electron chi connectivity index (χ2n) is 4.80. The Hall–Kier alpha value is -0.810. The van der Waals surface area contributed by atoms with Gasteiger partial charge in [-0.3, -0.25) is 0 Å². The van der Waals surface area contributed by atoms with Crippen molar-refractivity contribution in [2.45, 2.75) is 25.3 Å². The summed E-state index contributed by atoms with van der Waals surface area (Å²) in [6, 6.07) is 5.79. The quantitative estimate of drug-likeness (QED) is 0.541. The number of benzene rings is 1. The summed E-state index contributed by atoms with van der Waals surface area (Å²) in [5.41, 5.74) is 1.82. The molecule has 0 N–H and O–H groups in total. The molecule has 0 radical (unpaired) electrons. The van der Waals surface area contributed by atoms with Gasteiger partial charge in [0.1, 0.15) is 11.3 Å². The highest BCUT2D eigenvalue weighted by molar-refractivity contribution is 6.35. The van der Waals surface area contributed by atoms with E-state index in [1.165, 1.54) is 0 Å². The lowest BCUT2D eigenvalue weighted by Gasteiger charge is -2.10. The van der Waals surface area contributed by atoms with Crippen molar-refractivity contribution in [1.82, 2.24) is 9.55 Å². The summed E-state index contributed by atoms with van der Waals surface area (Å²) in [7, 11) is 1.67. The molecule has 0 bridgehead atoms. The third-order valence-electron chi connectivity index (χ3n) is 3.22. The molecule has 0 saturated carbocycles. The van der Waals surface area contributed by atoms with Gasteiger partial charge in [0.15, 0.2) is 0 Å². The van der Waals surface area contributed by atoms with Crippen molar-refractivity contribution in [3.8, 4) is 0 Å². The number of alkyl halides is 1. The van der Waals surface area contributed by atoms with E-state index in [1.54, 1.807) is 7.11 Å². The number of aryl methyl sites for hydroxylation is 1. The van der Waals surface area contributed by atoms with Crippen LogP contribution in [0.5, 0.6) is 0 Å². The molecule has 0 saturated heterocycles. The summed E-state index contributed by atoms with van der Waals surface area (Å²) >= 11 is 12.4. The number of imidazole rings is 1. The van der Waals surface area contributed by atoms with E-state index in [4.69, 9.17) is 32.7 Å². The Morgan fingerprint density at radius 2 is 2.10 bits per heavy atom. The second-order valence-corrected chi connectivity index (χ2v) is 5.87. The minimum atomic E-state index is -0.164. The highest BCUT2D eigenvalue weighted by atomic mass is 35.5. The number of halogens is 2. The third-order valence-corrected chi connectivity index (χ3v) is 3.72. The van der Waals surface area contributed by atoms with Crippen molar-refractivity contribution < 1.29 is 9.47 Å². The molecule has 1 heterocycles. The molecule has 21 heavy (non-hydrogen) atoms. The van der Waals surface area contributed by atoms with E-state index in [9.17, 15) is 0 Å². The fraction of sp³-hybridized carbons (Fsp3) is 0.533. The number of nitrogens with zero attached hydrogens (tertiary/aromatic N) is 2. The highest BCUT2D eigenvalue weighted by Crippen LogP contribution is 2.28. The standard InChI is InChI=1S/C15H20Cl2N2O2/c1-11(16)15-18-14-12(17)5-3-6-13(14)19(15)7-4-8-21-10-9-20-2/h3,5-6,11H,4,7-10H2,1-2H3. The minimum Gasteiger partial charge on any atom is -0.382 e. The Morgan fingerprint density at radius 3 is 2.81 bits per heavy atom. The molecule has 6 heteroatoms. The predicted molar refractivity (Wildman–Crippen MR) is 86.3 cm³/mol. The molecule has 0 fully saturated rings. The van der Waals surface area contributed by atoms with Crippen LogP contribution in [0, 0.1) is 0 Å². The molecule has 1 unspecified atom stereocenters. The molecule has 2 aromatic rings. The van der Waals surface area contributed by atoms with Crippen LogP contribution in [0.1, 0.15) is 24.5 Å². The smallest absolute Gasteiger partial charge is 0.127 e. The first-order valence-electron chi connectivity index (χ1n) is 7.00. The number of rotatable bonds is 8. The van der Waals surface area contributed by atoms with Crippen molar-refractivity contribution >= 4 is 34.2 Å². The summed E-state index contributed by atoms with van der Waals surface area (Å²) in [5, 5.41) is 0.490. The minimum absolute atomic E-state index is 0.164. The molecule has 0 aliphatic rings. The normalized spacial score (nSPS) is 13.0. The van der Waals surface area contributed by atoms with Crippen LogP contribution in [0.4, 0.5) is 0 Å². The van der Waals surface area contributed by atoms with Gasteiger partial charge in [-0.2, -0.15) is 0 Å². The van der Waals surface area contributed by atoms with Gasteiger partial charge in [-0.15, -0.1) is 11.6 Å². The van der Waals surface area contributed by atoms with Gasteiger partial charge in [-0.25, -0.2) is 4.98 Å². The second kappa shape index (κ2) is 7.99. The maximum atomic E-state index is 6.24. The largest absolute Gasteiger partial charge is 0.382 e. The number of hydrogen-bond donors (Lipinski definition) is 0. The van der Waals surface area contributed by atoms with Gasteiger partial charge < -0.3 is 14.0 Å². The molecule has 1 aromatic heterocycles. The number of para-hydroxylation sites is 1. The Labute approximate surface area is 135 Å². The van der Waals surface area contributed by atoms with E-state index in [0.29, 0.717) is 24.8 Å². The lowest BCUT2D eigenvalue weighted by Crippen LogP contribution is -2.09. The first-order chi connectivity index (χ1) is 10.1. The number of fused-ring (bicyclic) bond motifs is 1. The first kappa shape index (κ1) is 16.6. The van der Waals surface area contributed by atoms with Crippen LogP contribution in [0.25, 0.3) is 11.0 Å². The summed E-state index contributed by atoms with van der Waals surface area (Å²) in [4.78, 5) is 4.58. The van der Waals surface area contributed by atoms with Crippen molar-refractivity contribution in [3.63, 3.8) is 0 Å². The van der Waals surface area contributed by atoms with Crippen LogP contribution in [-0.2, 0) is 16.0 Å². The van der Waals surface area contributed by atoms with E-state index in [2.05, 4.69) is 9.55 Å². The van der Waals surface area contributed by atoms with Crippen LogP contribution in [0.15, 0.2) is 18.2 Å². The molecular formula is C15H20Cl2N2O2. The maximum Gasteiger partial charge on any atom is 0.127 e. The van der Waals surface area contributed by atoms with Crippen LogP contribution in [0.3, 0.4) is 0 Å². The Morgan fingerprint density at radius 1 is 1.29 bits per heavy atom. The lowest BCUT2D eigenvalue weighted by atomic mass is 10.3. The highest BCUT2D eigenvalue weighted by Gasteiger charge is 2.16. The van der Waals surface area contributed by atoms with Gasteiger partial charge in [0.2, 0.25) is 0 Å². The average Bonchev–Trinajstić information content (AvgIpc) is 2.83. The van der Waals surface area contributed by atoms with E-state index in [-0.39, 0.29) is 5.38 Å². The van der Waals surface area contributed by atoms with Crippen molar-refractivity contribution in [2.24, 2.45) is 0 Å². The van der Waals surface area contributed by atoms with Gasteiger partial charge in [0.05, 0.1) is 29.1 Å². The maximum absolute atomic E-state index is 6.24. The van der Waals surface area contributed by atoms with Gasteiger partial charge in [-0.1, -0.05) is 17.7 Å². The molecule has 0 amide bonds. The van der Waals surface area contributed by atoms with Gasteiger partial charge >= 0.3 is 0 Å². The van der Waals surface area contributed by atoms with Crippen molar-refractivity contribution in [3.05, 3.63) is 29.0 Å². The molecule has 0 spiro atoms. The zero-order valence-corrected chi connectivity index (χ0v) is 13.8.